The summed E-state index contributed by atoms with van der Waals surface area (Å²) in [5.74, 6) is 0. The Morgan fingerprint density at radius 1 is 0.258 bits per heavy atom. The van der Waals surface area contributed by atoms with Crippen molar-refractivity contribution >= 4 is 60.2 Å². The SMILES string of the molecule is c1ccc(C2(c3ccccc3)c3ccccc3-c3ccc(N(c4cccc(-c5ccc6ccc7ccccc7c6c5)c4)c4ccccc4-c4ccc5ccc6ccccc6c5c4)cc32)cc1. The quantitative estimate of drug-likeness (QED) is 0.145. The summed E-state index contributed by atoms with van der Waals surface area (Å²) in [5.41, 5.74) is 15.1. The van der Waals surface area contributed by atoms with E-state index in [1.807, 2.05) is 0 Å². The van der Waals surface area contributed by atoms with Crippen LogP contribution in [0.4, 0.5) is 17.1 Å². The molecule has 0 radical (unpaired) electrons. The van der Waals surface area contributed by atoms with Crippen LogP contribution in [0.15, 0.2) is 261 Å². The van der Waals surface area contributed by atoms with Gasteiger partial charge in [-0.2, -0.15) is 0 Å². The highest BCUT2D eigenvalue weighted by Crippen LogP contribution is 2.57. The fourth-order valence-electron chi connectivity index (χ4n) is 11.1. The van der Waals surface area contributed by atoms with Crippen LogP contribution in [-0.4, -0.2) is 0 Å². The van der Waals surface area contributed by atoms with E-state index in [4.69, 9.17) is 0 Å². The molecule has 66 heavy (non-hydrogen) atoms. The summed E-state index contributed by atoms with van der Waals surface area (Å²) in [6.07, 6.45) is 0. The van der Waals surface area contributed by atoms with Gasteiger partial charge in [0.15, 0.2) is 0 Å². The van der Waals surface area contributed by atoms with Gasteiger partial charge in [-0.25, -0.2) is 0 Å². The summed E-state index contributed by atoms with van der Waals surface area (Å²) in [6.45, 7) is 0. The fourth-order valence-corrected chi connectivity index (χ4v) is 11.1. The van der Waals surface area contributed by atoms with E-state index in [9.17, 15) is 0 Å². The summed E-state index contributed by atoms with van der Waals surface area (Å²) < 4.78 is 0. The van der Waals surface area contributed by atoms with Gasteiger partial charge in [-0.3, -0.25) is 0 Å². The predicted molar refractivity (Wildman–Crippen MR) is 279 cm³/mol. The molecule has 0 unspecified atom stereocenters. The summed E-state index contributed by atoms with van der Waals surface area (Å²) in [6, 6.07) is 96.7. The zero-order chi connectivity index (χ0) is 43.6. The number of anilines is 3. The van der Waals surface area contributed by atoms with Crippen LogP contribution in [-0.2, 0) is 5.41 Å². The van der Waals surface area contributed by atoms with Crippen LogP contribution in [0.25, 0.3) is 76.5 Å². The Labute approximate surface area is 385 Å². The minimum absolute atomic E-state index is 0.537. The molecule has 1 heteroatoms. The van der Waals surface area contributed by atoms with Crippen LogP contribution in [0, 0.1) is 0 Å². The third-order valence-corrected chi connectivity index (χ3v) is 14.1. The third-order valence-electron chi connectivity index (χ3n) is 14.1. The van der Waals surface area contributed by atoms with E-state index in [0.717, 1.165) is 22.6 Å². The molecule has 308 valence electrons. The normalized spacial score (nSPS) is 12.7. The van der Waals surface area contributed by atoms with Crippen molar-refractivity contribution in [1.29, 1.82) is 0 Å². The number of para-hydroxylation sites is 1. The molecule has 1 aliphatic carbocycles. The molecule has 0 atom stereocenters. The number of hydrogen-bond acceptors (Lipinski definition) is 1. The van der Waals surface area contributed by atoms with Crippen LogP contribution in [0.1, 0.15) is 22.3 Å². The Morgan fingerprint density at radius 3 is 1.42 bits per heavy atom. The highest BCUT2D eigenvalue weighted by Gasteiger charge is 2.46. The molecule has 1 aliphatic rings. The minimum atomic E-state index is -0.537. The van der Waals surface area contributed by atoms with Crippen molar-refractivity contribution < 1.29 is 0 Å². The first-order valence-electron chi connectivity index (χ1n) is 22.9. The largest absolute Gasteiger partial charge is 0.310 e. The van der Waals surface area contributed by atoms with Crippen LogP contribution in [0.5, 0.6) is 0 Å². The average Bonchev–Trinajstić information content (AvgIpc) is 3.69. The van der Waals surface area contributed by atoms with Gasteiger partial charge in [0, 0.05) is 16.9 Å². The van der Waals surface area contributed by atoms with Crippen LogP contribution in [0.3, 0.4) is 0 Å². The van der Waals surface area contributed by atoms with Gasteiger partial charge in [-0.05, 0) is 136 Å². The number of rotatable bonds is 7. The molecule has 0 spiro atoms. The van der Waals surface area contributed by atoms with Gasteiger partial charge >= 0.3 is 0 Å². The minimum Gasteiger partial charge on any atom is -0.310 e. The molecule has 0 heterocycles. The maximum absolute atomic E-state index is 2.49. The molecule has 12 aromatic rings. The first kappa shape index (κ1) is 38.0. The van der Waals surface area contributed by atoms with Crippen molar-refractivity contribution in [2.24, 2.45) is 0 Å². The van der Waals surface area contributed by atoms with Gasteiger partial charge in [0.05, 0.1) is 11.1 Å². The topological polar surface area (TPSA) is 3.24 Å². The van der Waals surface area contributed by atoms with E-state index in [2.05, 4.69) is 266 Å². The van der Waals surface area contributed by atoms with Crippen molar-refractivity contribution in [3.8, 4) is 33.4 Å². The Kier molecular flexibility index (Phi) is 8.82. The molecule has 0 N–H and O–H groups in total. The second kappa shape index (κ2) is 15.3. The van der Waals surface area contributed by atoms with Crippen LogP contribution in [0.2, 0.25) is 0 Å². The molecule has 12 aromatic carbocycles. The number of benzene rings is 12. The van der Waals surface area contributed by atoms with E-state index in [1.165, 1.54) is 93.2 Å². The van der Waals surface area contributed by atoms with Gasteiger partial charge in [-0.1, -0.05) is 218 Å². The lowest BCUT2D eigenvalue weighted by molar-refractivity contribution is 0.768. The van der Waals surface area contributed by atoms with E-state index < -0.39 is 5.41 Å². The number of nitrogens with zero attached hydrogens (tertiary/aromatic N) is 1. The highest BCUT2D eigenvalue weighted by molar-refractivity contribution is 6.10. The molecule has 13 rings (SSSR count). The molecule has 0 aliphatic heterocycles. The standard InChI is InChI=1S/C65H43N/c1-3-19-51(20-4-1)65(52-21-5-2-6-22-52)62-28-13-11-27-58(62)59-39-38-54(43-63(59)65)66(53-23-15-18-48(40-53)49-36-34-46-32-30-44-16-7-9-24-55(44)60(46)41-49)64-29-14-12-26-57(64)50-37-35-47-33-31-45-17-8-10-25-56(45)61(47)42-50/h1-43H. The van der Waals surface area contributed by atoms with Crippen molar-refractivity contribution in [3.05, 3.63) is 283 Å². The van der Waals surface area contributed by atoms with E-state index in [0.29, 0.717) is 0 Å². The Hall–Kier alpha value is -8.52. The van der Waals surface area contributed by atoms with Gasteiger partial charge in [0.1, 0.15) is 0 Å². The molecular weight excluding hydrogens is 795 g/mol. The second-order valence-electron chi connectivity index (χ2n) is 17.6. The Bertz CT molecular complexity index is 3790. The van der Waals surface area contributed by atoms with Crippen molar-refractivity contribution in [2.45, 2.75) is 5.41 Å². The van der Waals surface area contributed by atoms with Gasteiger partial charge in [0.2, 0.25) is 0 Å². The summed E-state index contributed by atoms with van der Waals surface area (Å²) in [7, 11) is 0. The van der Waals surface area contributed by atoms with E-state index in [-0.39, 0.29) is 0 Å². The van der Waals surface area contributed by atoms with Crippen LogP contribution < -0.4 is 4.90 Å². The molecule has 0 aromatic heterocycles. The molecule has 0 bridgehead atoms. The lowest BCUT2D eigenvalue weighted by atomic mass is 9.67. The molecule has 0 saturated carbocycles. The monoisotopic (exact) mass is 837 g/mol. The van der Waals surface area contributed by atoms with Crippen LogP contribution >= 0.6 is 0 Å². The molecule has 1 nitrogen and oxygen atoms in total. The van der Waals surface area contributed by atoms with Crippen molar-refractivity contribution in [2.75, 3.05) is 4.90 Å². The first-order chi connectivity index (χ1) is 32.7. The highest BCUT2D eigenvalue weighted by atomic mass is 15.1. The molecule has 0 amide bonds. The first-order valence-corrected chi connectivity index (χ1v) is 22.9. The zero-order valence-corrected chi connectivity index (χ0v) is 36.3. The summed E-state index contributed by atoms with van der Waals surface area (Å²) in [4.78, 5) is 2.49. The van der Waals surface area contributed by atoms with E-state index in [1.54, 1.807) is 0 Å². The second-order valence-corrected chi connectivity index (χ2v) is 17.6. The zero-order valence-electron chi connectivity index (χ0n) is 36.3. The van der Waals surface area contributed by atoms with Crippen molar-refractivity contribution in [1.82, 2.24) is 0 Å². The number of hydrogen-bond donors (Lipinski definition) is 0. The summed E-state index contributed by atoms with van der Waals surface area (Å²) >= 11 is 0. The predicted octanol–water partition coefficient (Wildman–Crippen LogP) is 17.5. The molecule has 0 fully saturated rings. The lowest BCUT2D eigenvalue weighted by Crippen LogP contribution is -2.28. The Balaban J connectivity index is 1.06. The average molecular weight is 838 g/mol. The van der Waals surface area contributed by atoms with E-state index >= 15 is 0 Å². The maximum Gasteiger partial charge on any atom is 0.0714 e. The maximum atomic E-state index is 2.49. The third kappa shape index (κ3) is 5.94. The van der Waals surface area contributed by atoms with Gasteiger partial charge in [0.25, 0.3) is 0 Å². The van der Waals surface area contributed by atoms with Gasteiger partial charge < -0.3 is 4.90 Å². The fraction of sp³-hybridized carbons (Fsp3) is 0.0154. The summed E-state index contributed by atoms with van der Waals surface area (Å²) in [5, 5.41) is 10.0. The lowest BCUT2D eigenvalue weighted by Gasteiger charge is -2.35. The molecular formula is C65H43N. The smallest absolute Gasteiger partial charge is 0.0714 e. The van der Waals surface area contributed by atoms with Gasteiger partial charge in [-0.15, -0.1) is 0 Å². The number of fused-ring (bicyclic) bond motifs is 9. The van der Waals surface area contributed by atoms with Crippen molar-refractivity contribution in [3.63, 3.8) is 0 Å². The molecule has 0 saturated heterocycles. The Morgan fingerprint density at radius 2 is 0.742 bits per heavy atom.